The standard InChI is InChI=1S/C12H11F2NO3/c13-12(14,7-16)6-15-10(17)5-8-3-1-2-4-9(8)11(15)18/h1-5,16,18H,6-7H2. The summed E-state index contributed by atoms with van der Waals surface area (Å²) in [4.78, 5) is 11.6. The zero-order valence-corrected chi connectivity index (χ0v) is 9.31. The van der Waals surface area contributed by atoms with Crippen LogP contribution in [0.3, 0.4) is 0 Å². The Kier molecular flexibility index (Phi) is 3.04. The van der Waals surface area contributed by atoms with Crippen molar-refractivity contribution in [1.82, 2.24) is 4.57 Å². The topological polar surface area (TPSA) is 62.5 Å². The average molecular weight is 255 g/mol. The molecule has 0 unspecified atom stereocenters. The molecule has 1 aromatic heterocycles. The minimum absolute atomic E-state index is 0.311. The molecular weight excluding hydrogens is 244 g/mol. The van der Waals surface area contributed by atoms with E-state index in [-0.39, 0.29) is 0 Å². The van der Waals surface area contributed by atoms with Gasteiger partial charge in [0.1, 0.15) is 6.61 Å². The summed E-state index contributed by atoms with van der Waals surface area (Å²) in [6, 6.07) is 7.60. The highest BCUT2D eigenvalue weighted by Gasteiger charge is 2.30. The Morgan fingerprint density at radius 2 is 1.94 bits per heavy atom. The highest BCUT2D eigenvalue weighted by atomic mass is 19.3. The lowest BCUT2D eigenvalue weighted by Crippen LogP contribution is -2.33. The van der Waals surface area contributed by atoms with Crippen LogP contribution in [0.15, 0.2) is 35.1 Å². The number of hydrogen-bond donors (Lipinski definition) is 2. The Hall–Kier alpha value is -1.95. The van der Waals surface area contributed by atoms with Gasteiger partial charge < -0.3 is 10.2 Å². The Morgan fingerprint density at radius 1 is 1.28 bits per heavy atom. The molecule has 1 aromatic carbocycles. The molecule has 0 saturated carbocycles. The van der Waals surface area contributed by atoms with Crippen molar-refractivity contribution in [1.29, 1.82) is 0 Å². The average Bonchev–Trinajstić information content (AvgIpc) is 2.34. The van der Waals surface area contributed by atoms with Gasteiger partial charge in [-0.1, -0.05) is 18.2 Å². The SMILES string of the molecule is O=c1cc2ccccc2c(O)n1CC(F)(F)CO. The van der Waals surface area contributed by atoms with Gasteiger partial charge in [-0.25, -0.2) is 8.78 Å². The summed E-state index contributed by atoms with van der Waals surface area (Å²) in [5.74, 6) is -3.98. The van der Waals surface area contributed by atoms with Crippen LogP contribution in [0.2, 0.25) is 0 Å². The first-order chi connectivity index (χ1) is 8.44. The fraction of sp³-hybridized carbons (Fsp3) is 0.250. The van der Waals surface area contributed by atoms with E-state index < -0.39 is 30.5 Å². The molecule has 0 atom stereocenters. The van der Waals surface area contributed by atoms with Crippen LogP contribution in [0.5, 0.6) is 5.88 Å². The van der Waals surface area contributed by atoms with Crippen molar-refractivity contribution in [2.75, 3.05) is 6.61 Å². The monoisotopic (exact) mass is 255 g/mol. The van der Waals surface area contributed by atoms with E-state index in [0.29, 0.717) is 15.3 Å². The molecule has 0 aliphatic heterocycles. The Morgan fingerprint density at radius 3 is 2.61 bits per heavy atom. The van der Waals surface area contributed by atoms with Gasteiger partial charge >= 0.3 is 0 Å². The summed E-state index contributed by atoms with van der Waals surface area (Å²) in [6.07, 6.45) is 0. The van der Waals surface area contributed by atoms with Crippen molar-refractivity contribution in [2.45, 2.75) is 12.5 Å². The number of aromatic hydroxyl groups is 1. The maximum Gasteiger partial charge on any atom is 0.288 e. The van der Waals surface area contributed by atoms with Gasteiger partial charge in [-0.15, -0.1) is 0 Å². The first-order valence-corrected chi connectivity index (χ1v) is 5.25. The molecule has 0 radical (unpaired) electrons. The zero-order chi connectivity index (χ0) is 13.3. The number of aliphatic hydroxyl groups excluding tert-OH is 1. The van der Waals surface area contributed by atoms with Gasteiger partial charge in [0.15, 0.2) is 0 Å². The van der Waals surface area contributed by atoms with Gasteiger partial charge in [-0.05, 0) is 11.5 Å². The summed E-state index contributed by atoms with van der Waals surface area (Å²) >= 11 is 0. The zero-order valence-electron chi connectivity index (χ0n) is 9.31. The molecular formula is C12H11F2NO3. The van der Waals surface area contributed by atoms with E-state index in [2.05, 4.69) is 0 Å². The van der Waals surface area contributed by atoms with E-state index in [0.717, 1.165) is 0 Å². The number of fused-ring (bicyclic) bond motifs is 1. The molecule has 2 rings (SSSR count). The number of alkyl halides is 2. The second-order valence-corrected chi connectivity index (χ2v) is 3.99. The van der Waals surface area contributed by atoms with E-state index >= 15 is 0 Å². The molecule has 4 nitrogen and oxygen atoms in total. The first kappa shape index (κ1) is 12.5. The van der Waals surface area contributed by atoms with Crippen LogP contribution < -0.4 is 5.56 Å². The summed E-state index contributed by atoms with van der Waals surface area (Å²) in [7, 11) is 0. The molecule has 0 aliphatic carbocycles. The van der Waals surface area contributed by atoms with Gasteiger partial charge in [0.05, 0.1) is 6.54 Å². The molecule has 0 fully saturated rings. The maximum atomic E-state index is 13.1. The van der Waals surface area contributed by atoms with Crippen LogP contribution in [0.4, 0.5) is 8.78 Å². The maximum absolute atomic E-state index is 13.1. The predicted molar refractivity (Wildman–Crippen MR) is 61.9 cm³/mol. The smallest absolute Gasteiger partial charge is 0.288 e. The molecule has 96 valence electrons. The summed E-state index contributed by atoms with van der Waals surface area (Å²) in [5, 5.41) is 19.1. The number of aromatic nitrogens is 1. The predicted octanol–water partition coefficient (Wildman–Crippen LogP) is 1.33. The number of nitrogens with zero attached hydrogens (tertiary/aromatic N) is 1. The Labute approximate surface area is 101 Å². The van der Waals surface area contributed by atoms with Crippen LogP contribution in [0.25, 0.3) is 10.8 Å². The minimum Gasteiger partial charge on any atom is -0.494 e. The number of pyridine rings is 1. The van der Waals surface area contributed by atoms with E-state index in [1.807, 2.05) is 0 Å². The lowest BCUT2D eigenvalue weighted by atomic mass is 10.1. The van der Waals surface area contributed by atoms with Crippen molar-refractivity contribution in [3.05, 3.63) is 40.7 Å². The quantitative estimate of drug-likeness (QED) is 0.869. The van der Waals surface area contributed by atoms with Gasteiger partial charge in [0.2, 0.25) is 5.88 Å². The molecule has 2 N–H and O–H groups in total. The lowest BCUT2D eigenvalue weighted by molar-refractivity contribution is -0.0645. The van der Waals surface area contributed by atoms with E-state index in [1.54, 1.807) is 18.2 Å². The highest BCUT2D eigenvalue weighted by Crippen LogP contribution is 2.24. The highest BCUT2D eigenvalue weighted by molar-refractivity contribution is 5.86. The van der Waals surface area contributed by atoms with Crippen LogP contribution in [-0.4, -0.2) is 27.3 Å². The largest absolute Gasteiger partial charge is 0.494 e. The molecule has 18 heavy (non-hydrogen) atoms. The van der Waals surface area contributed by atoms with E-state index in [1.165, 1.54) is 12.1 Å². The molecule has 6 heteroatoms. The third-order valence-corrected chi connectivity index (χ3v) is 2.62. The van der Waals surface area contributed by atoms with Crippen molar-refractivity contribution in [3.8, 4) is 5.88 Å². The van der Waals surface area contributed by atoms with Gasteiger partial charge in [0, 0.05) is 11.5 Å². The van der Waals surface area contributed by atoms with Crippen LogP contribution >= 0.6 is 0 Å². The van der Waals surface area contributed by atoms with Crippen molar-refractivity contribution in [3.63, 3.8) is 0 Å². The van der Waals surface area contributed by atoms with Crippen LogP contribution in [0, 0.1) is 0 Å². The first-order valence-electron chi connectivity index (χ1n) is 5.25. The molecule has 0 amide bonds. The molecule has 0 saturated heterocycles. The molecule has 2 aromatic rings. The van der Waals surface area contributed by atoms with Gasteiger partial charge in [-0.2, -0.15) is 0 Å². The number of rotatable bonds is 3. The molecule has 0 spiro atoms. The van der Waals surface area contributed by atoms with Gasteiger partial charge in [0.25, 0.3) is 11.5 Å². The fourth-order valence-corrected chi connectivity index (χ4v) is 1.72. The number of aliphatic hydroxyl groups is 1. The summed E-state index contributed by atoms with van der Waals surface area (Å²) < 4.78 is 26.7. The normalized spacial score (nSPS) is 11.9. The third kappa shape index (κ3) is 2.19. The van der Waals surface area contributed by atoms with Crippen LogP contribution in [-0.2, 0) is 6.54 Å². The molecule has 0 bridgehead atoms. The second kappa shape index (κ2) is 4.38. The second-order valence-electron chi connectivity index (χ2n) is 3.99. The Bertz CT molecular complexity index is 637. The minimum atomic E-state index is -3.45. The number of hydrogen-bond acceptors (Lipinski definition) is 3. The van der Waals surface area contributed by atoms with Crippen LogP contribution in [0.1, 0.15) is 0 Å². The summed E-state index contributed by atoms with van der Waals surface area (Å²) in [5.41, 5.74) is -0.737. The number of halogens is 2. The van der Waals surface area contributed by atoms with Crippen molar-refractivity contribution in [2.24, 2.45) is 0 Å². The molecule has 1 heterocycles. The van der Waals surface area contributed by atoms with E-state index in [9.17, 15) is 18.7 Å². The summed E-state index contributed by atoms with van der Waals surface area (Å²) in [6.45, 7) is -2.44. The van der Waals surface area contributed by atoms with Gasteiger partial charge in [-0.3, -0.25) is 9.36 Å². The molecule has 0 aliphatic rings. The van der Waals surface area contributed by atoms with Crippen molar-refractivity contribution < 1.29 is 19.0 Å². The lowest BCUT2D eigenvalue weighted by Gasteiger charge is -2.16. The van der Waals surface area contributed by atoms with Crippen molar-refractivity contribution >= 4 is 10.8 Å². The number of benzene rings is 1. The Balaban J connectivity index is 2.61. The fourth-order valence-electron chi connectivity index (χ4n) is 1.72. The third-order valence-electron chi connectivity index (χ3n) is 2.62. The van der Waals surface area contributed by atoms with E-state index in [4.69, 9.17) is 5.11 Å².